The third-order valence-corrected chi connectivity index (χ3v) is 11.9. The molecule has 0 radical (unpaired) electrons. The van der Waals surface area contributed by atoms with E-state index in [1.807, 2.05) is 24.5 Å². The number of hydrogen-bond acceptors (Lipinski definition) is 11. The largest absolute Gasteiger partial charge is 0.496 e. The predicted molar refractivity (Wildman–Crippen MR) is 203 cm³/mol. The molecule has 0 unspecified atom stereocenters. The first-order valence-corrected chi connectivity index (χ1v) is 20.4. The van der Waals surface area contributed by atoms with E-state index in [4.69, 9.17) is 14.2 Å². The summed E-state index contributed by atoms with van der Waals surface area (Å²) in [5.41, 5.74) is -3.35. The molecule has 1 saturated carbocycles. The van der Waals surface area contributed by atoms with E-state index in [2.05, 4.69) is 26.9 Å². The van der Waals surface area contributed by atoms with Crippen LogP contribution >= 0.6 is 11.8 Å². The number of amides is 4. The molecule has 2 fully saturated rings. The number of nitrogens with one attached hydrogen (secondary N) is 3. The normalized spacial score (nSPS) is 19.5. The van der Waals surface area contributed by atoms with Gasteiger partial charge in [0.1, 0.15) is 35.1 Å². The maximum absolute atomic E-state index is 14.5. The number of alkyl carbamates (subject to hydrolysis) is 1. The lowest BCUT2D eigenvalue weighted by molar-refractivity contribution is -0.143. The highest BCUT2D eigenvalue weighted by atomic mass is 32.2. The molecule has 4 atom stereocenters. The van der Waals surface area contributed by atoms with Gasteiger partial charge in [-0.1, -0.05) is 33.8 Å². The highest BCUT2D eigenvalue weighted by molar-refractivity contribution is 7.99. The average Bonchev–Trinajstić information content (AvgIpc) is 3.85. The number of ether oxygens (including phenoxy) is 3. The molecule has 16 heteroatoms. The zero-order valence-corrected chi connectivity index (χ0v) is 33.7. The van der Waals surface area contributed by atoms with Gasteiger partial charge in [-0.2, -0.15) is 0 Å². The van der Waals surface area contributed by atoms with Gasteiger partial charge in [-0.15, -0.1) is 18.3 Å². The summed E-state index contributed by atoms with van der Waals surface area (Å²) in [6, 6.07) is 3.19. The molecule has 14 nitrogen and oxygen atoms in total. The zero-order valence-electron chi connectivity index (χ0n) is 32.0. The summed E-state index contributed by atoms with van der Waals surface area (Å²) in [7, 11) is -2.35. The third-order valence-electron chi connectivity index (χ3n) is 9.24. The fourth-order valence-corrected chi connectivity index (χ4v) is 8.39. The number of methoxy groups -OCH3 is 1. The van der Waals surface area contributed by atoms with Gasteiger partial charge in [-0.25, -0.2) is 18.2 Å². The lowest BCUT2D eigenvalue weighted by Crippen LogP contribution is -2.63. The molecular weight excluding hydrogens is 723 g/mol. The van der Waals surface area contributed by atoms with Crippen LogP contribution in [0.2, 0.25) is 0 Å². The standard InChI is InChI=1S/C37H53N5O9S2/c1-11-18-37(12-2,33(45)41-53(47,48)23-13-14-23)40-30(43)26-20-22(50-31-25-15-16-27(49-9)28(52-10)24(25)17-19-38-31)21-42(26)32(44)29(35(3,4)5)39-34(46)51-36(6,7)8/h11,15-17,19,22-23,26,29H,1,12-14,18,20-21H2,2-10H3,(H,39,46)(H,40,43)(H,41,45)/t22-,26+,29-,37-/m1/s1. The molecule has 1 aliphatic carbocycles. The number of benzene rings is 1. The molecule has 1 aromatic carbocycles. The minimum atomic E-state index is -3.94. The fourth-order valence-electron chi connectivity index (χ4n) is 6.27. The van der Waals surface area contributed by atoms with Crippen LogP contribution in [0.15, 0.2) is 41.9 Å². The molecule has 4 rings (SSSR count). The summed E-state index contributed by atoms with van der Waals surface area (Å²) in [5, 5.41) is 6.39. The van der Waals surface area contributed by atoms with Crippen LogP contribution in [0.3, 0.4) is 0 Å². The molecule has 1 saturated heterocycles. The van der Waals surface area contributed by atoms with Gasteiger partial charge >= 0.3 is 6.09 Å². The van der Waals surface area contributed by atoms with Crippen molar-refractivity contribution in [2.45, 2.75) is 120 Å². The molecule has 1 aliphatic heterocycles. The van der Waals surface area contributed by atoms with E-state index >= 15 is 0 Å². The number of thioether (sulfide) groups is 1. The topological polar surface area (TPSA) is 182 Å². The lowest BCUT2D eigenvalue weighted by atomic mass is 9.85. The monoisotopic (exact) mass is 775 g/mol. The summed E-state index contributed by atoms with van der Waals surface area (Å²) < 4.78 is 45.2. The lowest BCUT2D eigenvalue weighted by Gasteiger charge is -2.37. The fraction of sp³-hybridized carbons (Fsp3) is 0.595. The Hall–Kier alpha value is -4.05. The average molecular weight is 776 g/mol. The first kappa shape index (κ1) is 41.7. The van der Waals surface area contributed by atoms with Crippen LogP contribution in [0, 0.1) is 5.41 Å². The Kier molecular flexibility index (Phi) is 12.7. The Bertz CT molecular complexity index is 1840. The minimum absolute atomic E-state index is 0.000353. The van der Waals surface area contributed by atoms with E-state index in [1.54, 1.807) is 61.8 Å². The van der Waals surface area contributed by atoms with Gasteiger partial charge in [0.2, 0.25) is 27.7 Å². The van der Waals surface area contributed by atoms with Gasteiger partial charge in [0, 0.05) is 23.4 Å². The van der Waals surface area contributed by atoms with Crippen LogP contribution in [-0.2, 0) is 29.1 Å². The van der Waals surface area contributed by atoms with Crippen molar-refractivity contribution in [3.63, 3.8) is 0 Å². The van der Waals surface area contributed by atoms with Crippen molar-refractivity contribution in [3.8, 4) is 11.6 Å². The van der Waals surface area contributed by atoms with Gasteiger partial charge in [-0.05, 0) is 76.3 Å². The van der Waals surface area contributed by atoms with Crippen molar-refractivity contribution in [2.24, 2.45) is 5.41 Å². The van der Waals surface area contributed by atoms with E-state index in [0.717, 1.165) is 10.3 Å². The third kappa shape index (κ3) is 9.74. The van der Waals surface area contributed by atoms with Gasteiger partial charge in [0.25, 0.3) is 5.91 Å². The molecule has 2 heterocycles. The SMILES string of the molecule is C=CC[C@@](CC)(NC(=O)[C@@H]1C[C@@H](Oc2nccc3c(SC)c(OC)ccc23)CN1C(=O)[C@@H](NC(=O)OC(C)(C)C)C(C)(C)C)C(=O)NS(=O)(=O)C1CC1. The van der Waals surface area contributed by atoms with E-state index < -0.39 is 73.8 Å². The Balaban J connectivity index is 1.72. The van der Waals surface area contributed by atoms with Gasteiger partial charge in [-0.3, -0.25) is 19.1 Å². The van der Waals surface area contributed by atoms with Crippen LogP contribution in [0.25, 0.3) is 10.8 Å². The van der Waals surface area contributed by atoms with Gasteiger partial charge in [0.05, 0.1) is 23.8 Å². The summed E-state index contributed by atoms with van der Waals surface area (Å²) in [6.07, 6.45) is 4.28. The van der Waals surface area contributed by atoms with E-state index in [0.29, 0.717) is 24.0 Å². The molecule has 0 spiro atoms. The van der Waals surface area contributed by atoms with Gasteiger partial charge < -0.3 is 29.7 Å². The molecular formula is C37H53N5O9S2. The number of likely N-dealkylation sites (tertiary alicyclic amines) is 1. The van der Waals surface area contributed by atoms with Crippen LogP contribution in [-0.4, -0.2) is 96.6 Å². The first-order chi connectivity index (χ1) is 24.7. The minimum Gasteiger partial charge on any atom is -0.496 e. The Labute approximate surface area is 316 Å². The van der Waals surface area contributed by atoms with E-state index in [-0.39, 0.29) is 31.7 Å². The van der Waals surface area contributed by atoms with Gasteiger partial charge in [0.15, 0.2) is 0 Å². The number of fused-ring (bicyclic) bond motifs is 1. The van der Waals surface area contributed by atoms with Crippen molar-refractivity contribution in [1.82, 2.24) is 25.2 Å². The molecule has 2 aliphatic rings. The molecule has 3 N–H and O–H groups in total. The number of aromatic nitrogens is 1. The molecule has 2 aromatic rings. The highest BCUT2D eigenvalue weighted by Crippen LogP contribution is 2.39. The number of pyridine rings is 1. The molecule has 0 bridgehead atoms. The van der Waals surface area contributed by atoms with Crippen molar-refractivity contribution >= 4 is 56.4 Å². The summed E-state index contributed by atoms with van der Waals surface area (Å²) in [4.78, 5) is 62.3. The van der Waals surface area contributed by atoms with Crippen LogP contribution < -0.4 is 24.8 Å². The maximum Gasteiger partial charge on any atom is 0.408 e. The Morgan fingerprint density at radius 1 is 1.09 bits per heavy atom. The van der Waals surface area contributed by atoms with Crippen LogP contribution in [0.1, 0.15) is 80.6 Å². The van der Waals surface area contributed by atoms with Crippen molar-refractivity contribution in [1.29, 1.82) is 0 Å². The van der Waals surface area contributed by atoms with Crippen LogP contribution in [0.5, 0.6) is 11.6 Å². The molecule has 53 heavy (non-hydrogen) atoms. The first-order valence-electron chi connectivity index (χ1n) is 17.7. The van der Waals surface area contributed by atoms with E-state index in [9.17, 15) is 27.6 Å². The second-order valence-corrected chi connectivity index (χ2v) is 18.3. The predicted octanol–water partition coefficient (Wildman–Crippen LogP) is 4.70. The van der Waals surface area contributed by atoms with Crippen LogP contribution in [0.4, 0.5) is 4.79 Å². The second-order valence-electron chi connectivity index (χ2n) is 15.5. The quantitative estimate of drug-likeness (QED) is 0.179. The van der Waals surface area contributed by atoms with Crippen molar-refractivity contribution in [3.05, 3.63) is 37.1 Å². The zero-order chi connectivity index (χ0) is 39.5. The number of hydrogen-bond donors (Lipinski definition) is 3. The number of sulfonamides is 1. The smallest absolute Gasteiger partial charge is 0.408 e. The summed E-state index contributed by atoms with van der Waals surface area (Å²) in [5.74, 6) is -1.17. The number of carbonyl (C=O) groups excluding carboxylic acids is 4. The number of carbonyl (C=O) groups is 4. The number of nitrogens with zero attached hydrogens (tertiary/aromatic N) is 2. The Morgan fingerprint density at radius 3 is 2.32 bits per heavy atom. The molecule has 292 valence electrons. The van der Waals surface area contributed by atoms with Crippen molar-refractivity contribution < 1.29 is 41.8 Å². The highest BCUT2D eigenvalue weighted by Gasteiger charge is 2.49. The molecule has 4 amide bonds. The maximum atomic E-state index is 14.5. The van der Waals surface area contributed by atoms with Crippen molar-refractivity contribution in [2.75, 3.05) is 19.9 Å². The Morgan fingerprint density at radius 2 is 1.77 bits per heavy atom. The second kappa shape index (κ2) is 16.1. The number of rotatable bonds is 14. The molecule has 1 aromatic heterocycles. The summed E-state index contributed by atoms with van der Waals surface area (Å²) >= 11 is 1.51. The summed E-state index contributed by atoms with van der Waals surface area (Å²) in [6.45, 7) is 15.8. The van der Waals surface area contributed by atoms with E-state index in [1.165, 1.54) is 22.7 Å².